The summed E-state index contributed by atoms with van der Waals surface area (Å²) in [6.07, 6.45) is 4.30. The zero-order valence-corrected chi connectivity index (χ0v) is 25.7. The molecule has 3 aliphatic heterocycles. The van der Waals surface area contributed by atoms with E-state index in [2.05, 4.69) is 26.7 Å². The van der Waals surface area contributed by atoms with E-state index in [-0.39, 0.29) is 48.9 Å². The summed E-state index contributed by atoms with van der Waals surface area (Å²) in [6.45, 7) is 5.90. The predicted octanol–water partition coefficient (Wildman–Crippen LogP) is 5.10. The maximum Gasteiger partial charge on any atom is 0.319 e. The number of carbonyl (C=O) groups excluding carboxylic acids is 1. The molecule has 0 spiro atoms. The van der Waals surface area contributed by atoms with Crippen molar-refractivity contribution in [1.29, 1.82) is 0 Å². The van der Waals surface area contributed by atoms with Gasteiger partial charge in [-0.1, -0.05) is 28.9 Å². The molecule has 0 radical (unpaired) electrons. The highest BCUT2D eigenvalue weighted by atomic mass is 35.5. The standard InChI is InChI=1S/C31H30ClF2N7O2S/c1-2-5-22(42)39-12-14-40(15-13-39)28-19-16-20(32)23(18-6-7-21(33)27-26(18)36-29(35)44-27)24(34)25(19)37-30(38-28)43-17-31-8-3-10-41(31)11-4-9-31/h6-7,16H,3-4,8-15,17H2,1H3,(H2,35,36). The van der Waals surface area contributed by atoms with E-state index < -0.39 is 11.6 Å². The summed E-state index contributed by atoms with van der Waals surface area (Å²) in [5.41, 5.74) is 6.48. The molecule has 3 aliphatic rings. The lowest BCUT2D eigenvalue weighted by atomic mass is 9.95. The fraction of sp³-hybridized carbons (Fsp3) is 0.419. The first kappa shape index (κ1) is 29.0. The highest BCUT2D eigenvalue weighted by Gasteiger charge is 2.45. The molecule has 0 bridgehead atoms. The SMILES string of the molecule is CC#CC(=O)N1CCN(c2nc(OCC34CCCN3CCC4)nc3c(F)c(-c4ccc(F)c5sc(N)nc45)c(Cl)cc23)CC1. The van der Waals surface area contributed by atoms with Crippen LogP contribution in [0, 0.1) is 23.5 Å². The smallest absolute Gasteiger partial charge is 0.319 e. The van der Waals surface area contributed by atoms with Gasteiger partial charge in [-0.2, -0.15) is 9.97 Å². The van der Waals surface area contributed by atoms with Crippen LogP contribution in [-0.4, -0.2) is 82.1 Å². The minimum atomic E-state index is -0.686. The Morgan fingerprint density at radius 3 is 2.57 bits per heavy atom. The normalized spacial score (nSPS) is 18.1. The van der Waals surface area contributed by atoms with Crippen molar-refractivity contribution in [3.63, 3.8) is 0 Å². The topological polar surface area (TPSA) is 101 Å². The van der Waals surface area contributed by atoms with Crippen molar-refractivity contribution in [2.45, 2.75) is 38.1 Å². The van der Waals surface area contributed by atoms with Crippen LogP contribution in [0.3, 0.4) is 0 Å². The van der Waals surface area contributed by atoms with Crippen LogP contribution < -0.4 is 15.4 Å². The van der Waals surface area contributed by atoms with E-state index in [1.54, 1.807) is 17.9 Å². The van der Waals surface area contributed by atoms with Crippen LogP contribution in [0.1, 0.15) is 32.6 Å². The number of amides is 1. The zero-order valence-electron chi connectivity index (χ0n) is 24.1. The molecule has 0 atom stereocenters. The van der Waals surface area contributed by atoms with Crippen LogP contribution in [0.15, 0.2) is 18.2 Å². The van der Waals surface area contributed by atoms with Crippen molar-refractivity contribution in [2.75, 3.05) is 56.5 Å². The Morgan fingerprint density at radius 1 is 1.09 bits per heavy atom. The maximum atomic E-state index is 16.7. The van der Waals surface area contributed by atoms with Crippen molar-refractivity contribution in [1.82, 2.24) is 24.8 Å². The van der Waals surface area contributed by atoms with E-state index in [9.17, 15) is 9.18 Å². The molecule has 228 valence electrons. The van der Waals surface area contributed by atoms with Crippen molar-refractivity contribution >= 4 is 60.9 Å². The number of anilines is 2. The molecule has 0 aliphatic carbocycles. The number of aromatic nitrogens is 3. The lowest BCUT2D eigenvalue weighted by molar-refractivity contribution is -0.125. The number of piperazine rings is 1. The lowest BCUT2D eigenvalue weighted by Crippen LogP contribution is -2.48. The maximum absolute atomic E-state index is 16.7. The number of ether oxygens (including phenoxy) is 1. The van der Waals surface area contributed by atoms with Crippen molar-refractivity contribution in [3.8, 4) is 29.0 Å². The molecule has 3 saturated heterocycles. The van der Waals surface area contributed by atoms with Crippen molar-refractivity contribution in [3.05, 3.63) is 34.9 Å². The van der Waals surface area contributed by atoms with Crippen LogP contribution in [0.5, 0.6) is 6.01 Å². The van der Waals surface area contributed by atoms with Gasteiger partial charge in [-0.05, 0) is 69.8 Å². The number of halogens is 3. The average Bonchev–Trinajstić information content (AvgIpc) is 3.72. The van der Waals surface area contributed by atoms with Gasteiger partial charge in [0.1, 0.15) is 23.8 Å². The lowest BCUT2D eigenvalue weighted by Gasteiger charge is -2.35. The van der Waals surface area contributed by atoms with Gasteiger partial charge in [0.15, 0.2) is 10.9 Å². The van der Waals surface area contributed by atoms with Gasteiger partial charge >= 0.3 is 6.01 Å². The van der Waals surface area contributed by atoms with Gasteiger partial charge in [-0.15, -0.1) is 0 Å². The van der Waals surface area contributed by atoms with Crippen molar-refractivity contribution in [2.24, 2.45) is 0 Å². The summed E-state index contributed by atoms with van der Waals surface area (Å²) >= 11 is 7.77. The first-order valence-corrected chi connectivity index (χ1v) is 15.9. The minimum Gasteiger partial charge on any atom is -0.461 e. The fourth-order valence-corrected chi connectivity index (χ4v) is 7.93. The second-order valence-electron chi connectivity index (χ2n) is 11.5. The van der Waals surface area contributed by atoms with Crippen LogP contribution in [0.4, 0.5) is 19.7 Å². The summed E-state index contributed by atoms with van der Waals surface area (Å²) < 4.78 is 37.8. The molecule has 13 heteroatoms. The van der Waals surface area contributed by atoms with Crippen molar-refractivity contribution < 1.29 is 18.3 Å². The number of nitrogens with two attached hydrogens (primary N) is 1. The number of carbonyl (C=O) groups is 1. The summed E-state index contributed by atoms with van der Waals surface area (Å²) in [7, 11) is 0. The Labute approximate surface area is 262 Å². The van der Waals surface area contributed by atoms with Gasteiger partial charge in [0.05, 0.1) is 20.8 Å². The zero-order chi connectivity index (χ0) is 30.6. The fourth-order valence-electron chi connectivity index (χ4n) is 6.87. The summed E-state index contributed by atoms with van der Waals surface area (Å²) in [6, 6.07) is 4.42. The molecular weight excluding hydrogens is 608 g/mol. The predicted molar refractivity (Wildman–Crippen MR) is 168 cm³/mol. The molecule has 0 unspecified atom stereocenters. The Kier molecular flexibility index (Phi) is 7.43. The van der Waals surface area contributed by atoms with Crippen LogP contribution >= 0.6 is 22.9 Å². The quantitative estimate of drug-likeness (QED) is 0.302. The Balaban J connectivity index is 1.33. The highest BCUT2D eigenvalue weighted by molar-refractivity contribution is 7.22. The Morgan fingerprint density at radius 2 is 1.84 bits per heavy atom. The Hall–Kier alpha value is -3.79. The first-order valence-electron chi connectivity index (χ1n) is 14.7. The highest BCUT2D eigenvalue weighted by Crippen LogP contribution is 2.43. The van der Waals surface area contributed by atoms with E-state index in [0.29, 0.717) is 49.6 Å². The molecular formula is C31H30ClF2N7O2S. The third-order valence-corrected chi connectivity index (χ3v) is 10.2. The monoisotopic (exact) mass is 637 g/mol. The molecule has 3 fully saturated rings. The third kappa shape index (κ3) is 4.87. The molecule has 2 N–H and O–H groups in total. The molecule has 5 heterocycles. The van der Waals surface area contributed by atoms with Crippen LogP contribution in [0.2, 0.25) is 5.02 Å². The summed E-state index contributed by atoms with van der Waals surface area (Å²) in [4.78, 5) is 32.2. The third-order valence-electron chi connectivity index (χ3n) is 9.00. The summed E-state index contributed by atoms with van der Waals surface area (Å²) in [5, 5.41) is 0.680. The first-order chi connectivity index (χ1) is 21.3. The molecule has 2 aromatic heterocycles. The molecule has 44 heavy (non-hydrogen) atoms. The molecule has 7 rings (SSSR count). The largest absolute Gasteiger partial charge is 0.461 e. The number of thiazole rings is 1. The van der Waals surface area contributed by atoms with E-state index >= 15 is 4.39 Å². The van der Waals surface area contributed by atoms with E-state index in [1.807, 2.05) is 4.90 Å². The number of hydrogen-bond donors (Lipinski definition) is 1. The van der Waals surface area contributed by atoms with Gasteiger partial charge < -0.3 is 20.3 Å². The van der Waals surface area contributed by atoms with Gasteiger partial charge in [0, 0.05) is 42.7 Å². The molecule has 2 aromatic carbocycles. The van der Waals surface area contributed by atoms with Crippen LogP contribution in [0.25, 0.3) is 32.2 Å². The minimum absolute atomic E-state index is 0.0348. The number of nitrogens with zero attached hydrogens (tertiary/aromatic N) is 6. The van der Waals surface area contributed by atoms with E-state index in [4.69, 9.17) is 27.1 Å². The number of hydrogen-bond acceptors (Lipinski definition) is 9. The number of rotatable bonds is 5. The van der Waals surface area contributed by atoms with Gasteiger partial charge in [0.25, 0.3) is 5.91 Å². The molecule has 0 saturated carbocycles. The van der Waals surface area contributed by atoms with Gasteiger partial charge in [0.2, 0.25) is 0 Å². The molecule has 4 aromatic rings. The number of fused-ring (bicyclic) bond motifs is 3. The second-order valence-corrected chi connectivity index (χ2v) is 12.9. The van der Waals surface area contributed by atoms with E-state index in [0.717, 1.165) is 50.1 Å². The Bertz CT molecular complexity index is 1860. The summed E-state index contributed by atoms with van der Waals surface area (Å²) in [5.74, 6) is 4.31. The van der Waals surface area contributed by atoms with Crippen LogP contribution in [-0.2, 0) is 4.79 Å². The van der Waals surface area contributed by atoms with E-state index in [1.165, 1.54) is 12.1 Å². The van der Waals surface area contributed by atoms with Gasteiger partial charge in [-0.3, -0.25) is 9.69 Å². The average molecular weight is 638 g/mol. The second kappa shape index (κ2) is 11.3. The molecule has 1 amide bonds. The number of benzene rings is 2. The number of nitrogen functional groups attached to an aromatic ring is 1. The van der Waals surface area contributed by atoms with Gasteiger partial charge in [-0.25, -0.2) is 13.8 Å². The molecule has 9 nitrogen and oxygen atoms in total.